The van der Waals surface area contributed by atoms with Gasteiger partial charge in [0.15, 0.2) is 0 Å². The van der Waals surface area contributed by atoms with E-state index in [0.29, 0.717) is 25.9 Å². The van der Waals surface area contributed by atoms with E-state index < -0.39 is 31.1 Å². The van der Waals surface area contributed by atoms with Gasteiger partial charge >= 0.3 is 7.12 Å². The highest BCUT2D eigenvalue weighted by atomic mass is 16.5. The Labute approximate surface area is 172 Å². The fourth-order valence-electron chi connectivity index (χ4n) is 3.31. The van der Waals surface area contributed by atoms with E-state index in [-0.39, 0.29) is 12.5 Å². The summed E-state index contributed by atoms with van der Waals surface area (Å²) >= 11 is 0. The second-order valence-electron chi connectivity index (χ2n) is 7.28. The molecule has 3 atom stereocenters. The predicted molar refractivity (Wildman–Crippen MR) is 109 cm³/mol. The van der Waals surface area contributed by atoms with Crippen molar-refractivity contribution in [1.29, 1.82) is 0 Å². The first-order valence-electron chi connectivity index (χ1n) is 10.1. The molecule has 1 aliphatic heterocycles. The zero-order valence-corrected chi connectivity index (χ0v) is 16.9. The molecule has 0 radical (unpaired) electrons. The lowest BCUT2D eigenvalue weighted by Gasteiger charge is -2.26. The maximum atomic E-state index is 12.6. The summed E-state index contributed by atoms with van der Waals surface area (Å²) in [4.78, 5) is 25.0. The van der Waals surface area contributed by atoms with E-state index in [1.807, 2.05) is 30.3 Å². The summed E-state index contributed by atoms with van der Waals surface area (Å²) < 4.78 is 10.5. The number of carbonyl (C=O) groups excluding carboxylic acids is 2. The molecule has 0 saturated carbocycles. The number of amides is 2. The van der Waals surface area contributed by atoms with Crippen LogP contribution in [0.5, 0.6) is 0 Å². The highest BCUT2D eigenvalue weighted by Crippen LogP contribution is 2.13. The second-order valence-corrected chi connectivity index (χ2v) is 7.28. The van der Waals surface area contributed by atoms with Gasteiger partial charge in [-0.25, -0.2) is 0 Å². The third kappa shape index (κ3) is 8.14. The molecule has 2 amide bonds. The normalized spacial score (nSPS) is 18.5. The molecule has 1 aromatic rings. The Morgan fingerprint density at radius 2 is 2.00 bits per heavy atom. The van der Waals surface area contributed by atoms with E-state index in [0.717, 1.165) is 24.8 Å². The number of benzene rings is 1. The lowest BCUT2D eigenvalue weighted by atomic mass is 9.76. The zero-order chi connectivity index (χ0) is 21.1. The highest BCUT2D eigenvalue weighted by Gasteiger charge is 2.31. The Balaban J connectivity index is 1.87. The first kappa shape index (κ1) is 23.3. The molecule has 1 fully saturated rings. The summed E-state index contributed by atoms with van der Waals surface area (Å²) in [7, 11) is -0.266. The molecule has 0 aromatic heterocycles. The van der Waals surface area contributed by atoms with Crippen molar-refractivity contribution >= 4 is 18.9 Å². The van der Waals surface area contributed by atoms with Crippen LogP contribution >= 0.6 is 0 Å². The zero-order valence-electron chi connectivity index (χ0n) is 16.9. The SMILES string of the molecule is COCC(NC(=O)[C@@H]1CCCCO1)C(=O)NC(CCCc1ccccc1)B(O)O. The molecule has 2 unspecified atom stereocenters. The van der Waals surface area contributed by atoms with Crippen LogP contribution in [0.15, 0.2) is 30.3 Å². The number of hydrogen-bond donors (Lipinski definition) is 4. The van der Waals surface area contributed by atoms with Gasteiger partial charge in [-0.1, -0.05) is 30.3 Å². The number of ether oxygens (including phenoxy) is 2. The van der Waals surface area contributed by atoms with Crippen molar-refractivity contribution in [1.82, 2.24) is 10.6 Å². The summed E-state index contributed by atoms with van der Waals surface area (Å²) in [5.74, 6) is -1.71. The van der Waals surface area contributed by atoms with Crippen LogP contribution in [0.25, 0.3) is 0 Å². The Hall–Kier alpha value is -1.94. The molecular weight excluding hydrogens is 375 g/mol. The Bertz CT molecular complexity index is 625. The molecular formula is C20H31BN2O6. The van der Waals surface area contributed by atoms with Crippen LogP contribution in [-0.2, 0) is 25.5 Å². The molecule has 0 bridgehead atoms. The number of nitrogens with one attached hydrogen (secondary N) is 2. The predicted octanol–water partition coefficient (Wildman–Crippen LogP) is 0.206. The molecule has 1 aliphatic rings. The summed E-state index contributed by atoms with van der Waals surface area (Å²) in [6.07, 6.45) is 3.69. The second kappa shape index (κ2) is 12.6. The Morgan fingerprint density at radius 3 is 2.62 bits per heavy atom. The minimum absolute atomic E-state index is 0.0252. The number of hydrogen-bond acceptors (Lipinski definition) is 6. The average Bonchev–Trinajstić information content (AvgIpc) is 2.73. The van der Waals surface area contributed by atoms with Gasteiger partial charge in [0.25, 0.3) is 0 Å². The maximum absolute atomic E-state index is 12.6. The van der Waals surface area contributed by atoms with Crippen molar-refractivity contribution < 1.29 is 29.1 Å². The third-order valence-corrected chi connectivity index (χ3v) is 4.95. The van der Waals surface area contributed by atoms with Crippen molar-refractivity contribution in [2.75, 3.05) is 20.3 Å². The first-order chi connectivity index (χ1) is 14.0. The van der Waals surface area contributed by atoms with Gasteiger partial charge < -0.3 is 30.2 Å². The van der Waals surface area contributed by atoms with Gasteiger partial charge in [0.1, 0.15) is 12.1 Å². The van der Waals surface area contributed by atoms with Crippen molar-refractivity contribution in [2.45, 2.75) is 56.6 Å². The van der Waals surface area contributed by atoms with Gasteiger partial charge in [-0.3, -0.25) is 9.59 Å². The summed E-state index contributed by atoms with van der Waals surface area (Å²) in [5.41, 5.74) is 1.14. The largest absolute Gasteiger partial charge is 0.475 e. The monoisotopic (exact) mass is 406 g/mol. The molecule has 2 rings (SSSR count). The molecule has 9 heteroatoms. The van der Waals surface area contributed by atoms with Crippen LogP contribution in [0.4, 0.5) is 0 Å². The highest BCUT2D eigenvalue weighted by molar-refractivity contribution is 6.43. The van der Waals surface area contributed by atoms with Crippen LogP contribution in [0.1, 0.15) is 37.7 Å². The molecule has 1 saturated heterocycles. The molecule has 160 valence electrons. The van der Waals surface area contributed by atoms with E-state index in [1.165, 1.54) is 7.11 Å². The van der Waals surface area contributed by atoms with Gasteiger partial charge in [-0.2, -0.15) is 0 Å². The van der Waals surface area contributed by atoms with Crippen LogP contribution in [0.3, 0.4) is 0 Å². The van der Waals surface area contributed by atoms with Crippen molar-refractivity contribution in [3.63, 3.8) is 0 Å². The molecule has 8 nitrogen and oxygen atoms in total. The van der Waals surface area contributed by atoms with Gasteiger partial charge in [0, 0.05) is 13.7 Å². The van der Waals surface area contributed by atoms with Crippen molar-refractivity contribution in [3.05, 3.63) is 35.9 Å². The number of carbonyl (C=O) groups is 2. The van der Waals surface area contributed by atoms with Gasteiger partial charge in [-0.15, -0.1) is 0 Å². The summed E-state index contributed by atoms with van der Waals surface area (Å²) in [5, 5.41) is 24.6. The van der Waals surface area contributed by atoms with Crippen LogP contribution in [0.2, 0.25) is 0 Å². The molecule has 0 aliphatic carbocycles. The summed E-state index contributed by atoms with van der Waals surface area (Å²) in [6, 6.07) is 8.90. The smallest absolute Gasteiger partial charge is 0.426 e. The van der Waals surface area contributed by atoms with Crippen molar-refractivity contribution in [2.24, 2.45) is 0 Å². The van der Waals surface area contributed by atoms with Gasteiger partial charge in [0.05, 0.1) is 12.5 Å². The standard InChI is InChI=1S/C20H31BN2O6/c1-28-14-16(22-20(25)17-11-5-6-13-29-17)19(24)23-18(21(26)27)12-7-10-15-8-3-2-4-9-15/h2-4,8-9,16-18,26-27H,5-7,10-14H2,1H3,(H,22,25)(H,23,24)/t16?,17-,18?/m0/s1. The first-order valence-corrected chi connectivity index (χ1v) is 10.1. The van der Waals surface area contributed by atoms with E-state index >= 15 is 0 Å². The van der Waals surface area contributed by atoms with Gasteiger partial charge in [-0.05, 0) is 44.1 Å². The summed E-state index contributed by atoms with van der Waals surface area (Å²) in [6.45, 7) is 0.502. The van der Waals surface area contributed by atoms with E-state index in [1.54, 1.807) is 0 Å². The van der Waals surface area contributed by atoms with Crippen LogP contribution in [-0.4, -0.2) is 67.4 Å². The molecule has 1 aromatic carbocycles. The minimum Gasteiger partial charge on any atom is -0.426 e. The topological polar surface area (TPSA) is 117 Å². The van der Waals surface area contributed by atoms with Gasteiger partial charge in [0.2, 0.25) is 11.8 Å². The van der Waals surface area contributed by atoms with E-state index in [2.05, 4.69) is 10.6 Å². The molecule has 4 N–H and O–H groups in total. The van der Waals surface area contributed by atoms with Crippen LogP contribution < -0.4 is 10.6 Å². The fraction of sp³-hybridized carbons (Fsp3) is 0.600. The maximum Gasteiger partial charge on any atom is 0.475 e. The van der Waals surface area contributed by atoms with Crippen LogP contribution in [0, 0.1) is 0 Å². The Kier molecular flexibility index (Phi) is 10.1. The minimum atomic E-state index is -1.70. The number of methoxy groups -OCH3 is 1. The Morgan fingerprint density at radius 1 is 1.24 bits per heavy atom. The van der Waals surface area contributed by atoms with Crippen molar-refractivity contribution in [3.8, 4) is 0 Å². The molecule has 0 spiro atoms. The number of rotatable bonds is 11. The van der Waals surface area contributed by atoms with E-state index in [9.17, 15) is 19.6 Å². The average molecular weight is 406 g/mol. The lowest BCUT2D eigenvalue weighted by molar-refractivity contribution is -0.139. The fourth-order valence-corrected chi connectivity index (χ4v) is 3.31. The number of aryl methyl sites for hydroxylation is 1. The van der Waals surface area contributed by atoms with E-state index in [4.69, 9.17) is 9.47 Å². The lowest BCUT2D eigenvalue weighted by Crippen LogP contribution is -2.56. The molecule has 29 heavy (non-hydrogen) atoms. The third-order valence-electron chi connectivity index (χ3n) is 4.95. The quantitative estimate of drug-likeness (QED) is 0.391. The molecule has 1 heterocycles.